The molecule has 29 heavy (non-hydrogen) atoms. The van der Waals surface area contributed by atoms with Crippen molar-refractivity contribution in [2.24, 2.45) is 0 Å². The summed E-state index contributed by atoms with van der Waals surface area (Å²) in [4.78, 5) is 8.55. The molecule has 0 spiro atoms. The Labute approximate surface area is 178 Å². The highest BCUT2D eigenvalue weighted by molar-refractivity contribution is 6.78. The van der Waals surface area contributed by atoms with E-state index in [9.17, 15) is 0 Å². The summed E-state index contributed by atoms with van der Waals surface area (Å²) in [7, 11) is -2.12. The van der Waals surface area contributed by atoms with Crippen LogP contribution in [-0.2, 0) is 12.8 Å². The minimum absolute atomic E-state index is 0.482. The van der Waals surface area contributed by atoms with Gasteiger partial charge in [0, 0.05) is 11.1 Å². The van der Waals surface area contributed by atoms with Crippen molar-refractivity contribution in [1.29, 1.82) is 0 Å². The van der Waals surface area contributed by atoms with Crippen molar-refractivity contribution in [2.45, 2.75) is 89.4 Å². The molecule has 2 N–H and O–H groups in total. The van der Waals surface area contributed by atoms with Crippen molar-refractivity contribution in [2.75, 3.05) is 0 Å². The van der Waals surface area contributed by atoms with Crippen LogP contribution in [0.25, 0.3) is 0 Å². The Morgan fingerprint density at radius 2 is 1.10 bits per heavy atom. The maximum Gasteiger partial charge on any atom is 0.217 e. The molecule has 2 unspecified atom stereocenters. The second-order valence-electron chi connectivity index (χ2n) is 9.75. The Bertz CT molecular complexity index is 759. The molecule has 0 aliphatic heterocycles. The zero-order valence-corrected chi connectivity index (χ0v) is 19.7. The number of fused-ring (bicyclic) bond motifs is 2. The summed E-state index contributed by atoms with van der Waals surface area (Å²) in [5.41, 5.74) is 7.65. The monoisotopic (exact) mass is 406 g/mol. The lowest BCUT2D eigenvalue weighted by molar-refractivity contribution is 0.527. The summed E-state index contributed by atoms with van der Waals surface area (Å²) in [6, 6.07) is 19.6. The fraction of sp³-hybridized carbons (Fsp3) is 0.538. The highest BCUT2D eigenvalue weighted by Crippen LogP contribution is 2.46. The van der Waals surface area contributed by atoms with E-state index in [-0.39, 0.29) is 0 Å². The van der Waals surface area contributed by atoms with Crippen LogP contribution in [0, 0.1) is 0 Å². The number of hydrogen-bond acceptors (Lipinski definition) is 2. The fourth-order valence-electron chi connectivity index (χ4n) is 6.10. The largest absolute Gasteiger partial charge is 0.322 e. The van der Waals surface area contributed by atoms with Gasteiger partial charge in [0.25, 0.3) is 0 Å². The van der Waals surface area contributed by atoms with Gasteiger partial charge in [0.2, 0.25) is 8.40 Å². The molecule has 156 valence electrons. The second-order valence-corrected chi connectivity index (χ2v) is 13.5. The van der Waals surface area contributed by atoms with Gasteiger partial charge in [0.15, 0.2) is 0 Å². The van der Waals surface area contributed by atoms with E-state index in [2.05, 4.69) is 86.2 Å². The molecule has 0 aromatic heterocycles. The van der Waals surface area contributed by atoms with Gasteiger partial charge in [0.1, 0.15) is 0 Å². The van der Waals surface area contributed by atoms with Crippen molar-refractivity contribution < 1.29 is 0 Å². The van der Waals surface area contributed by atoms with E-state index >= 15 is 0 Å². The quantitative estimate of drug-likeness (QED) is 0.597. The Kier molecular flexibility index (Phi) is 6.29. The molecule has 0 amide bonds. The Hall–Kier alpha value is -1.42. The van der Waals surface area contributed by atoms with E-state index in [1.54, 1.807) is 22.3 Å². The van der Waals surface area contributed by atoms with E-state index in [1.807, 2.05) is 0 Å². The van der Waals surface area contributed by atoms with Gasteiger partial charge >= 0.3 is 0 Å². The van der Waals surface area contributed by atoms with Gasteiger partial charge in [-0.25, -0.2) is 0 Å². The second kappa shape index (κ2) is 8.75. The maximum absolute atomic E-state index is 4.27. The molecule has 0 bridgehead atoms. The fourth-order valence-corrected chi connectivity index (χ4v) is 12.2. The molecular weight excluding hydrogens is 368 g/mol. The molecule has 0 saturated heterocycles. The maximum atomic E-state index is 4.27. The van der Waals surface area contributed by atoms with Crippen LogP contribution in [0.5, 0.6) is 0 Å². The molecule has 2 nitrogen and oxygen atoms in total. The molecule has 2 aromatic rings. The standard InChI is InChI=1S/C26H38N2Si/c1-19(2)27-29(28-20(3)4,25-17-9-13-21-11-5-7-15-23(21)25)26-18-10-14-22-12-6-8-16-24(22)26/h5-8,11-12,15-16,19-20,25-28H,9-10,13-14,17-18H2,1-4H3. The molecule has 2 aromatic carbocycles. The lowest BCUT2D eigenvalue weighted by Crippen LogP contribution is -2.73. The first-order chi connectivity index (χ1) is 14.0. The lowest BCUT2D eigenvalue weighted by Gasteiger charge is -2.50. The first-order valence-electron chi connectivity index (χ1n) is 11.7. The molecule has 0 radical (unpaired) electrons. The van der Waals surface area contributed by atoms with Gasteiger partial charge in [-0.3, -0.25) is 0 Å². The Morgan fingerprint density at radius 1 is 0.690 bits per heavy atom. The molecule has 0 heterocycles. The normalized spacial score (nSPS) is 21.9. The van der Waals surface area contributed by atoms with Gasteiger partial charge < -0.3 is 9.96 Å². The predicted molar refractivity (Wildman–Crippen MR) is 127 cm³/mol. The number of aryl methyl sites for hydroxylation is 2. The van der Waals surface area contributed by atoms with Crippen LogP contribution in [0.15, 0.2) is 48.5 Å². The molecule has 2 aliphatic carbocycles. The Balaban J connectivity index is 1.89. The number of hydrogen-bond donors (Lipinski definition) is 2. The van der Waals surface area contributed by atoms with E-state index < -0.39 is 8.40 Å². The SMILES string of the molecule is CC(C)N[Si](NC(C)C)(C1CCCc2ccccc21)C1CCCc2ccccc21. The summed E-state index contributed by atoms with van der Waals surface area (Å²) in [6.07, 6.45) is 7.71. The van der Waals surface area contributed by atoms with Crippen LogP contribution in [0.3, 0.4) is 0 Å². The molecular formula is C26H38N2Si. The highest BCUT2D eigenvalue weighted by atomic mass is 28.3. The smallest absolute Gasteiger partial charge is 0.217 e. The van der Waals surface area contributed by atoms with E-state index in [0.29, 0.717) is 23.2 Å². The van der Waals surface area contributed by atoms with Crippen molar-refractivity contribution in [3.05, 3.63) is 70.8 Å². The zero-order valence-electron chi connectivity index (χ0n) is 18.7. The minimum atomic E-state index is -2.12. The number of benzene rings is 2. The molecule has 0 saturated carbocycles. The first kappa shape index (κ1) is 20.8. The molecule has 2 aliphatic rings. The summed E-state index contributed by atoms with van der Waals surface area (Å²) in [6.45, 7) is 9.36. The van der Waals surface area contributed by atoms with Crippen LogP contribution in [-0.4, -0.2) is 20.5 Å². The third-order valence-corrected chi connectivity index (χ3v) is 12.4. The topological polar surface area (TPSA) is 24.1 Å². The highest BCUT2D eigenvalue weighted by Gasteiger charge is 2.52. The summed E-state index contributed by atoms with van der Waals surface area (Å²) < 4.78 is 0. The van der Waals surface area contributed by atoms with Crippen molar-refractivity contribution in [3.63, 3.8) is 0 Å². The van der Waals surface area contributed by atoms with Crippen molar-refractivity contribution >= 4 is 8.40 Å². The van der Waals surface area contributed by atoms with Crippen molar-refractivity contribution in [3.8, 4) is 0 Å². The van der Waals surface area contributed by atoms with Crippen molar-refractivity contribution in [1.82, 2.24) is 9.96 Å². The molecule has 4 rings (SSSR count). The van der Waals surface area contributed by atoms with Crippen LogP contribution >= 0.6 is 0 Å². The Morgan fingerprint density at radius 3 is 1.52 bits per heavy atom. The van der Waals surface area contributed by atoms with Gasteiger partial charge in [-0.1, -0.05) is 76.2 Å². The average molecular weight is 407 g/mol. The third-order valence-electron chi connectivity index (χ3n) is 6.89. The third kappa shape index (κ3) is 4.10. The van der Waals surface area contributed by atoms with Gasteiger partial charge in [-0.2, -0.15) is 0 Å². The van der Waals surface area contributed by atoms with E-state index in [1.165, 1.54) is 38.5 Å². The van der Waals surface area contributed by atoms with Crippen LogP contribution in [0.1, 0.15) is 86.7 Å². The average Bonchev–Trinajstić information content (AvgIpc) is 2.71. The van der Waals surface area contributed by atoms with E-state index in [4.69, 9.17) is 0 Å². The van der Waals surface area contributed by atoms with Crippen LogP contribution in [0.4, 0.5) is 0 Å². The lowest BCUT2D eigenvalue weighted by atomic mass is 9.90. The predicted octanol–water partition coefficient (Wildman–Crippen LogP) is 5.74. The molecule has 2 atom stereocenters. The van der Waals surface area contributed by atoms with Gasteiger partial charge in [-0.05, 0) is 72.9 Å². The first-order valence-corrected chi connectivity index (χ1v) is 13.9. The zero-order chi connectivity index (χ0) is 20.4. The van der Waals surface area contributed by atoms with Gasteiger partial charge in [0.05, 0.1) is 0 Å². The summed E-state index contributed by atoms with van der Waals surface area (Å²) in [5, 5.41) is 0. The number of rotatable bonds is 6. The summed E-state index contributed by atoms with van der Waals surface area (Å²) in [5.74, 6) is 0. The summed E-state index contributed by atoms with van der Waals surface area (Å²) >= 11 is 0. The van der Waals surface area contributed by atoms with Crippen LogP contribution in [0.2, 0.25) is 0 Å². The molecule has 0 fully saturated rings. The van der Waals surface area contributed by atoms with Crippen LogP contribution < -0.4 is 9.96 Å². The van der Waals surface area contributed by atoms with E-state index in [0.717, 1.165) is 0 Å². The number of nitrogens with one attached hydrogen (secondary N) is 2. The van der Waals surface area contributed by atoms with Gasteiger partial charge in [-0.15, -0.1) is 0 Å². The minimum Gasteiger partial charge on any atom is -0.322 e. The molecule has 3 heteroatoms.